The number of rotatable bonds is 1. The second-order valence-corrected chi connectivity index (χ2v) is 5.98. The first-order chi connectivity index (χ1) is 8.83. The molecule has 0 spiro atoms. The average molecular weight is 260 g/mol. The predicted octanol–water partition coefficient (Wildman–Crippen LogP) is 2.67. The zero-order chi connectivity index (χ0) is 12.4. The number of hydrogen-bond acceptors (Lipinski definition) is 3. The number of nitrogens with zero attached hydrogens (tertiary/aromatic N) is 1. The Morgan fingerprint density at radius 2 is 2.17 bits per heavy atom. The van der Waals surface area contributed by atoms with E-state index >= 15 is 0 Å². The van der Waals surface area contributed by atoms with Crippen LogP contribution in [-0.4, -0.2) is 22.7 Å². The second-order valence-electron chi connectivity index (χ2n) is 4.70. The van der Waals surface area contributed by atoms with E-state index in [-0.39, 0.29) is 11.2 Å². The highest BCUT2D eigenvalue weighted by Gasteiger charge is 2.25. The van der Waals surface area contributed by atoms with Gasteiger partial charge in [0.1, 0.15) is 0 Å². The summed E-state index contributed by atoms with van der Waals surface area (Å²) in [7, 11) is 0. The Kier molecular flexibility index (Phi) is 3.37. The lowest BCUT2D eigenvalue weighted by molar-refractivity contribution is -0.120. The summed E-state index contributed by atoms with van der Waals surface area (Å²) < 4.78 is 0. The van der Waals surface area contributed by atoms with Crippen LogP contribution in [0.25, 0.3) is 0 Å². The van der Waals surface area contributed by atoms with Crippen LogP contribution in [-0.2, 0) is 11.2 Å². The van der Waals surface area contributed by atoms with Crippen molar-refractivity contribution >= 4 is 28.4 Å². The molecule has 2 aliphatic heterocycles. The van der Waals surface area contributed by atoms with Crippen LogP contribution in [0, 0.1) is 0 Å². The van der Waals surface area contributed by atoms with Gasteiger partial charge in [0.05, 0.1) is 16.0 Å². The third-order valence-corrected chi connectivity index (χ3v) is 4.58. The quantitative estimate of drug-likeness (QED) is 0.843. The van der Waals surface area contributed by atoms with Gasteiger partial charge in [0.2, 0.25) is 5.91 Å². The first kappa shape index (κ1) is 11.8. The van der Waals surface area contributed by atoms with E-state index in [1.54, 1.807) is 11.8 Å². The molecule has 0 saturated carbocycles. The van der Waals surface area contributed by atoms with Gasteiger partial charge in [0, 0.05) is 13.0 Å². The molecule has 94 valence electrons. The van der Waals surface area contributed by atoms with Gasteiger partial charge in [0.25, 0.3) is 0 Å². The van der Waals surface area contributed by atoms with E-state index in [9.17, 15) is 4.79 Å². The summed E-state index contributed by atoms with van der Waals surface area (Å²) in [6.45, 7) is 0.822. The van der Waals surface area contributed by atoms with E-state index in [0.717, 1.165) is 43.0 Å². The van der Waals surface area contributed by atoms with Crippen molar-refractivity contribution in [2.45, 2.75) is 30.9 Å². The zero-order valence-electron chi connectivity index (χ0n) is 10.2. The maximum atomic E-state index is 11.9. The molecule has 0 unspecified atom stereocenters. The second kappa shape index (κ2) is 5.14. The number of benzene rings is 1. The molecule has 0 aromatic heterocycles. The molecule has 1 amide bonds. The lowest BCUT2D eigenvalue weighted by Gasteiger charge is -2.11. The number of thioether (sulfide) groups is 1. The SMILES string of the molecule is O=C1NCCCC[C@H]1SC1=Nc2ccccc2C1. The highest BCUT2D eigenvalue weighted by Crippen LogP contribution is 2.32. The largest absolute Gasteiger partial charge is 0.355 e. The minimum atomic E-state index is 0.0422. The highest BCUT2D eigenvalue weighted by molar-refractivity contribution is 8.15. The molecule has 0 aliphatic carbocycles. The van der Waals surface area contributed by atoms with Crippen LogP contribution in [0.1, 0.15) is 24.8 Å². The minimum Gasteiger partial charge on any atom is -0.355 e. The number of aliphatic imine (C=N–C) groups is 1. The van der Waals surface area contributed by atoms with E-state index in [2.05, 4.69) is 16.4 Å². The summed E-state index contributed by atoms with van der Waals surface area (Å²) >= 11 is 1.64. The Morgan fingerprint density at radius 3 is 3.06 bits per heavy atom. The van der Waals surface area contributed by atoms with Crippen molar-refractivity contribution in [2.75, 3.05) is 6.54 Å². The molecule has 18 heavy (non-hydrogen) atoms. The molecule has 3 rings (SSSR count). The lowest BCUT2D eigenvalue weighted by atomic mass is 10.2. The van der Waals surface area contributed by atoms with Crippen LogP contribution in [0.2, 0.25) is 0 Å². The molecule has 1 aromatic rings. The minimum absolute atomic E-state index is 0.0422. The predicted molar refractivity (Wildman–Crippen MR) is 75.5 cm³/mol. The number of para-hydroxylation sites is 1. The van der Waals surface area contributed by atoms with E-state index in [1.165, 1.54) is 5.56 Å². The van der Waals surface area contributed by atoms with Crippen LogP contribution < -0.4 is 5.32 Å². The van der Waals surface area contributed by atoms with Gasteiger partial charge in [-0.2, -0.15) is 0 Å². The summed E-state index contributed by atoms with van der Waals surface area (Å²) in [5.74, 6) is 0.177. The molecule has 2 heterocycles. The maximum absolute atomic E-state index is 11.9. The Labute approximate surface area is 111 Å². The van der Waals surface area contributed by atoms with Crippen molar-refractivity contribution < 1.29 is 4.79 Å². The summed E-state index contributed by atoms with van der Waals surface area (Å²) in [6.07, 6.45) is 4.06. The summed E-state index contributed by atoms with van der Waals surface area (Å²) in [4.78, 5) is 16.5. The van der Waals surface area contributed by atoms with E-state index in [4.69, 9.17) is 0 Å². The fraction of sp³-hybridized carbons (Fsp3) is 0.429. The number of carbonyl (C=O) groups is 1. The van der Waals surface area contributed by atoms with Gasteiger partial charge in [0.15, 0.2) is 0 Å². The van der Waals surface area contributed by atoms with Gasteiger partial charge in [-0.3, -0.25) is 4.79 Å². The third-order valence-electron chi connectivity index (χ3n) is 3.34. The summed E-state index contributed by atoms with van der Waals surface area (Å²) in [5.41, 5.74) is 2.34. The molecule has 1 aromatic carbocycles. The summed E-state index contributed by atoms with van der Waals surface area (Å²) in [6, 6.07) is 8.20. The van der Waals surface area contributed by atoms with E-state index < -0.39 is 0 Å². The van der Waals surface area contributed by atoms with Crippen molar-refractivity contribution in [3.8, 4) is 0 Å². The number of fused-ring (bicyclic) bond motifs is 1. The molecule has 3 nitrogen and oxygen atoms in total. The zero-order valence-corrected chi connectivity index (χ0v) is 11.0. The van der Waals surface area contributed by atoms with Crippen LogP contribution in [0.3, 0.4) is 0 Å². The van der Waals surface area contributed by atoms with Gasteiger partial charge in [-0.15, -0.1) is 0 Å². The molecule has 1 atom stereocenters. The molecule has 0 radical (unpaired) electrons. The van der Waals surface area contributed by atoms with Crippen molar-refractivity contribution in [3.63, 3.8) is 0 Å². The fourth-order valence-electron chi connectivity index (χ4n) is 2.36. The van der Waals surface area contributed by atoms with Crippen molar-refractivity contribution in [2.24, 2.45) is 4.99 Å². The van der Waals surface area contributed by atoms with Gasteiger partial charge < -0.3 is 5.32 Å². The molecule has 1 N–H and O–H groups in total. The number of hydrogen-bond donors (Lipinski definition) is 1. The fourth-order valence-corrected chi connectivity index (χ4v) is 3.56. The number of nitrogens with one attached hydrogen (secondary N) is 1. The topological polar surface area (TPSA) is 41.5 Å². The molecular weight excluding hydrogens is 244 g/mol. The average Bonchev–Trinajstić information content (AvgIpc) is 2.68. The smallest absolute Gasteiger partial charge is 0.233 e. The Hall–Kier alpha value is -1.29. The third kappa shape index (κ3) is 2.43. The van der Waals surface area contributed by atoms with Gasteiger partial charge in [-0.25, -0.2) is 4.99 Å². The molecule has 0 bridgehead atoms. The maximum Gasteiger partial charge on any atom is 0.233 e. The number of amides is 1. The van der Waals surface area contributed by atoms with E-state index in [1.807, 2.05) is 18.2 Å². The van der Waals surface area contributed by atoms with Crippen LogP contribution >= 0.6 is 11.8 Å². The normalized spacial score (nSPS) is 23.0. The van der Waals surface area contributed by atoms with E-state index in [0.29, 0.717) is 0 Å². The first-order valence-electron chi connectivity index (χ1n) is 6.43. The van der Waals surface area contributed by atoms with Crippen LogP contribution in [0.4, 0.5) is 5.69 Å². The van der Waals surface area contributed by atoms with Gasteiger partial charge >= 0.3 is 0 Å². The molecule has 4 heteroatoms. The lowest BCUT2D eigenvalue weighted by Crippen LogP contribution is -2.31. The monoisotopic (exact) mass is 260 g/mol. The standard InChI is InChI=1S/C14H16N2OS/c17-14-12(7-3-4-8-15-14)18-13-9-10-5-1-2-6-11(10)16-13/h1-2,5-6,12H,3-4,7-9H2,(H,15,17)/t12-/m1/s1. The van der Waals surface area contributed by atoms with Gasteiger partial charge in [-0.05, 0) is 24.5 Å². The van der Waals surface area contributed by atoms with Crippen LogP contribution in [0.5, 0.6) is 0 Å². The van der Waals surface area contributed by atoms with Crippen molar-refractivity contribution in [3.05, 3.63) is 29.8 Å². The van der Waals surface area contributed by atoms with Crippen molar-refractivity contribution in [1.29, 1.82) is 0 Å². The molecule has 1 saturated heterocycles. The molecule has 2 aliphatic rings. The Morgan fingerprint density at radius 1 is 1.28 bits per heavy atom. The Balaban J connectivity index is 1.69. The first-order valence-corrected chi connectivity index (χ1v) is 7.31. The van der Waals surface area contributed by atoms with Gasteiger partial charge in [-0.1, -0.05) is 36.4 Å². The van der Waals surface area contributed by atoms with Crippen LogP contribution in [0.15, 0.2) is 29.3 Å². The highest BCUT2D eigenvalue weighted by atomic mass is 32.2. The Bertz CT molecular complexity index is 498. The van der Waals surface area contributed by atoms with Crippen molar-refractivity contribution in [1.82, 2.24) is 5.32 Å². The summed E-state index contributed by atoms with van der Waals surface area (Å²) in [5, 5.41) is 4.10. The number of carbonyl (C=O) groups excluding carboxylic acids is 1. The molecular formula is C14H16N2OS. The molecule has 1 fully saturated rings.